The van der Waals surface area contributed by atoms with E-state index in [1.807, 2.05) is 12.1 Å². The molecule has 1 fully saturated rings. The Hall–Kier alpha value is -3.59. The molecule has 2 heterocycles. The van der Waals surface area contributed by atoms with Crippen molar-refractivity contribution < 1.29 is 18.3 Å². The molecule has 9 heteroatoms. The fraction of sp³-hybridized carbons (Fsp3) is 0.214. The Morgan fingerprint density at radius 1 is 0.973 bits per heavy atom. The van der Waals surface area contributed by atoms with Gasteiger partial charge in [0.1, 0.15) is 5.56 Å². The van der Waals surface area contributed by atoms with E-state index in [9.17, 15) is 18.4 Å². The third kappa shape index (κ3) is 5.56. The summed E-state index contributed by atoms with van der Waals surface area (Å²) in [6, 6.07) is 15.6. The zero-order valence-electron chi connectivity index (χ0n) is 19.8. The van der Waals surface area contributed by atoms with Crippen molar-refractivity contribution in [3.8, 4) is 0 Å². The van der Waals surface area contributed by atoms with Gasteiger partial charge in [0.15, 0.2) is 11.6 Å². The predicted molar refractivity (Wildman–Crippen MR) is 139 cm³/mol. The molecule has 4 aromatic rings. The summed E-state index contributed by atoms with van der Waals surface area (Å²) in [5.41, 5.74) is 1.83. The molecule has 1 saturated heterocycles. The van der Waals surface area contributed by atoms with Crippen molar-refractivity contribution in [3.63, 3.8) is 0 Å². The number of ether oxygens (including phenoxy) is 1. The molecule has 5 rings (SSSR count). The molecule has 1 amide bonds. The molecule has 0 radical (unpaired) electrons. The zero-order valence-corrected chi connectivity index (χ0v) is 20.6. The smallest absolute Gasteiger partial charge is 0.264 e. The Morgan fingerprint density at radius 2 is 1.70 bits per heavy atom. The number of halogens is 3. The number of pyridine rings is 1. The van der Waals surface area contributed by atoms with Crippen LogP contribution in [0.15, 0.2) is 71.7 Å². The number of rotatable bonds is 6. The fourth-order valence-corrected chi connectivity index (χ4v) is 4.52. The molecular formula is C28H24ClF2N3O3. The fourth-order valence-electron chi connectivity index (χ4n) is 4.39. The Kier molecular flexibility index (Phi) is 7.32. The predicted octanol–water partition coefficient (Wildman–Crippen LogP) is 5.14. The maximum atomic E-state index is 14.1. The highest BCUT2D eigenvalue weighted by molar-refractivity contribution is 6.30. The number of fused-ring (bicyclic) bond motifs is 1. The molecule has 190 valence electrons. The lowest BCUT2D eigenvalue weighted by Gasteiger charge is -2.26. The number of amides is 1. The number of aromatic amines is 1. The van der Waals surface area contributed by atoms with Crippen LogP contribution in [0.2, 0.25) is 5.02 Å². The van der Waals surface area contributed by atoms with E-state index in [1.165, 1.54) is 17.2 Å². The topological polar surface area (TPSA) is 65.6 Å². The van der Waals surface area contributed by atoms with Crippen LogP contribution in [0.1, 0.15) is 21.5 Å². The number of anilines is 1. The van der Waals surface area contributed by atoms with Crippen molar-refractivity contribution >= 4 is 34.1 Å². The van der Waals surface area contributed by atoms with Gasteiger partial charge in [0.2, 0.25) is 5.43 Å². The number of morpholine rings is 1. The molecular weight excluding hydrogens is 500 g/mol. The highest BCUT2D eigenvalue weighted by atomic mass is 35.5. The lowest BCUT2D eigenvalue weighted by atomic mass is 10.1. The van der Waals surface area contributed by atoms with Crippen LogP contribution in [-0.4, -0.2) is 42.1 Å². The first-order valence-corrected chi connectivity index (χ1v) is 12.2. The van der Waals surface area contributed by atoms with E-state index in [4.69, 9.17) is 16.3 Å². The number of carbonyl (C=O) groups is 1. The standard InChI is InChI=1S/C28H24ClF2N3O3/c29-20-4-1-18(2-5-20)17-34(21-6-7-24(30)25(31)14-21)28(36)23-15-32-26-8-3-19(13-22(26)27(23)35)16-33-9-11-37-12-10-33/h1-8,13-15H,9-12,16-17H2,(H,32,35). The van der Waals surface area contributed by atoms with E-state index >= 15 is 0 Å². The SMILES string of the molecule is O=C(c1c[nH]c2ccc(CN3CCOCC3)cc2c1=O)N(Cc1ccc(Cl)cc1)c1ccc(F)c(F)c1. The minimum atomic E-state index is -1.09. The number of hydrogen-bond donors (Lipinski definition) is 1. The van der Waals surface area contributed by atoms with Crippen molar-refractivity contribution in [2.45, 2.75) is 13.1 Å². The van der Waals surface area contributed by atoms with Crippen molar-refractivity contribution in [2.75, 3.05) is 31.2 Å². The average Bonchev–Trinajstić information content (AvgIpc) is 2.91. The third-order valence-corrected chi connectivity index (χ3v) is 6.65. The first-order chi connectivity index (χ1) is 17.9. The molecule has 0 atom stereocenters. The molecule has 1 aliphatic heterocycles. The maximum absolute atomic E-state index is 14.1. The molecule has 0 bridgehead atoms. The van der Waals surface area contributed by atoms with Gasteiger partial charge in [0, 0.05) is 53.5 Å². The largest absolute Gasteiger partial charge is 0.379 e. The number of carbonyl (C=O) groups excluding carboxylic acids is 1. The van der Waals surface area contributed by atoms with Gasteiger partial charge in [-0.25, -0.2) is 8.78 Å². The first-order valence-electron chi connectivity index (χ1n) is 11.8. The molecule has 0 aliphatic carbocycles. The number of H-pyrrole nitrogens is 1. The van der Waals surface area contributed by atoms with Gasteiger partial charge in [-0.3, -0.25) is 14.5 Å². The highest BCUT2D eigenvalue weighted by Gasteiger charge is 2.23. The van der Waals surface area contributed by atoms with Crippen LogP contribution in [0.25, 0.3) is 10.9 Å². The van der Waals surface area contributed by atoms with Crippen LogP contribution >= 0.6 is 11.6 Å². The van der Waals surface area contributed by atoms with Crippen LogP contribution in [0.3, 0.4) is 0 Å². The van der Waals surface area contributed by atoms with Crippen molar-refractivity contribution in [2.24, 2.45) is 0 Å². The lowest BCUT2D eigenvalue weighted by Crippen LogP contribution is -2.35. The minimum Gasteiger partial charge on any atom is -0.379 e. The molecule has 0 spiro atoms. The summed E-state index contributed by atoms with van der Waals surface area (Å²) >= 11 is 5.99. The summed E-state index contributed by atoms with van der Waals surface area (Å²) in [5, 5.41) is 0.904. The van der Waals surface area contributed by atoms with Gasteiger partial charge in [0.05, 0.1) is 19.8 Å². The Morgan fingerprint density at radius 3 is 2.43 bits per heavy atom. The molecule has 1 N–H and O–H groups in total. The van der Waals surface area contributed by atoms with Crippen LogP contribution < -0.4 is 10.3 Å². The number of aromatic nitrogens is 1. The lowest BCUT2D eigenvalue weighted by molar-refractivity contribution is 0.0342. The van der Waals surface area contributed by atoms with Gasteiger partial charge in [-0.05, 0) is 47.5 Å². The highest BCUT2D eigenvalue weighted by Crippen LogP contribution is 2.23. The van der Waals surface area contributed by atoms with Crippen LogP contribution in [0.5, 0.6) is 0 Å². The number of hydrogen-bond acceptors (Lipinski definition) is 4. The first kappa shape index (κ1) is 25.1. The van der Waals surface area contributed by atoms with E-state index in [2.05, 4.69) is 9.88 Å². The molecule has 1 aliphatic rings. The van der Waals surface area contributed by atoms with Gasteiger partial charge in [-0.15, -0.1) is 0 Å². The Labute approximate surface area is 217 Å². The van der Waals surface area contributed by atoms with E-state index in [1.54, 1.807) is 30.3 Å². The summed E-state index contributed by atoms with van der Waals surface area (Å²) in [6.07, 6.45) is 1.36. The second-order valence-corrected chi connectivity index (χ2v) is 9.35. The number of benzene rings is 3. The Balaban J connectivity index is 1.52. The van der Waals surface area contributed by atoms with Crippen LogP contribution in [0, 0.1) is 11.6 Å². The summed E-state index contributed by atoms with van der Waals surface area (Å²) in [6.45, 7) is 3.63. The minimum absolute atomic E-state index is 0.0234. The molecule has 0 unspecified atom stereocenters. The molecule has 0 saturated carbocycles. The van der Waals surface area contributed by atoms with E-state index in [-0.39, 0.29) is 17.8 Å². The van der Waals surface area contributed by atoms with Crippen molar-refractivity contribution in [1.29, 1.82) is 0 Å². The van der Waals surface area contributed by atoms with Gasteiger partial charge < -0.3 is 14.6 Å². The second-order valence-electron chi connectivity index (χ2n) is 8.92. The van der Waals surface area contributed by atoms with Crippen molar-refractivity contribution in [3.05, 3.63) is 110 Å². The van der Waals surface area contributed by atoms with Gasteiger partial charge in [-0.1, -0.05) is 29.8 Å². The normalized spacial score (nSPS) is 14.1. The van der Waals surface area contributed by atoms with Crippen LogP contribution in [-0.2, 0) is 17.8 Å². The molecule has 3 aromatic carbocycles. The van der Waals surface area contributed by atoms with Crippen LogP contribution in [0.4, 0.5) is 14.5 Å². The summed E-state index contributed by atoms with van der Waals surface area (Å²) in [7, 11) is 0. The van der Waals surface area contributed by atoms with Gasteiger partial charge in [0.25, 0.3) is 5.91 Å². The number of nitrogens with one attached hydrogen (secondary N) is 1. The third-order valence-electron chi connectivity index (χ3n) is 6.40. The summed E-state index contributed by atoms with van der Waals surface area (Å²) < 4.78 is 33.2. The zero-order chi connectivity index (χ0) is 25.9. The molecule has 37 heavy (non-hydrogen) atoms. The summed E-state index contributed by atoms with van der Waals surface area (Å²) in [5.74, 6) is -2.76. The molecule has 1 aromatic heterocycles. The monoisotopic (exact) mass is 523 g/mol. The summed E-state index contributed by atoms with van der Waals surface area (Å²) in [4.78, 5) is 33.8. The molecule has 6 nitrogen and oxygen atoms in total. The average molecular weight is 524 g/mol. The van der Waals surface area contributed by atoms with E-state index in [0.717, 1.165) is 30.8 Å². The maximum Gasteiger partial charge on any atom is 0.264 e. The van der Waals surface area contributed by atoms with Gasteiger partial charge in [-0.2, -0.15) is 0 Å². The van der Waals surface area contributed by atoms with E-state index in [0.29, 0.717) is 41.2 Å². The van der Waals surface area contributed by atoms with Crippen molar-refractivity contribution in [1.82, 2.24) is 9.88 Å². The van der Waals surface area contributed by atoms with Gasteiger partial charge >= 0.3 is 0 Å². The number of nitrogens with zero attached hydrogens (tertiary/aromatic N) is 2. The second kappa shape index (κ2) is 10.8. The Bertz CT molecular complexity index is 1500. The quantitative estimate of drug-likeness (QED) is 0.380. The van der Waals surface area contributed by atoms with E-state index < -0.39 is 23.0 Å².